The number of nitrogens with two attached hydrogens (primary N) is 1. The zero-order valence-electron chi connectivity index (χ0n) is 10.00. The molecule has 0 aliphatic carbocycles. The van der Waals surface area contributed by atoms with Gasteiger partial charge in [0.1, 0.15) is 0 Å². The van der Waals surface area contributed by atoms with Gasteiger partial charge in [-0.05, 0) is 59.4 Å². The number of nitrogens with zero attached hydrogens (tertiary/aromatic N) is 1. The molecular formula is C13H18BrClN2. The molecule has 1 aliphatic heterocycles. The van der Waals surface area contributed by atoms with E-state index in [1.54, 1.807) is 0 Å². The molecule has 0 bridgehead atoms. The molecule has 4 heteroatoms. The van der Waals surface area contributed by atoms with E-state index in [0.29, 0.717) is 12.0 Å². The van der Waals surface area contributed by atoms with Crippen LogP contribution in [0.4, 0.5) is 0 Å². The van der Waals surface area contributed by atoms with E-state index >= 15 is 0 Å². The molecule has 0 aromatic heterocycles. The van der Waals surface area contributed by atoms with E-state index < -0.39 is 0 Å². The van der Waals surface area contributed by atoms with Crippen molar-refractivity contribution in [2.75, 3.05) is 13.1 Å². The third kappa shape index (κ3) is 3.22. The highest BCUT2D eigenvalue weighted by Crippen LogP contribution is 2.27. The summed E-state index contributed by atoms with van der Waals surface area (Å²) in [6.07, 6.45) is 1.21. The van der Waals surface area contributed by atoms with E-state index in [2.05, 4.69) is 33.8 Å². The summed E-state index contributed by atoms with van der Waals surface area (Å²) in [5, 5.41) is 0.782. The van der Waals surface area contributed by atoms with Crippen molar-refractivity contribution >= 4 is 27.5 Å². The van der Waals surface area contributed by atoms with E-state index in [1.807, 2.05) is 12.1 Å². The molecule has 2 unspecified atom stereocenters. The van der Waals surface area contributed by atoms with Crippen LogP contribution >= 0.6 is 27.5 Å². The monoisotopic (exact) mass is 316 g/mol. The first kappa shape index (κ1) is 13.3. The average molecular weight is 318 g/mol. The van der Waals surface area contributed by atoms with Crippen LogP contribution in [0.15, 0.2) is 22.7 Å². The largest absolute Gasteiger partial charge is 0.330 e. The lowest BCUT2D eigenvalue weighted by atomic mass is 10.1. The maximum atomic E-state index is 6.11. The summed E-state index contributed by atoms with van der Waals surface area (Å²) in [7, 11) is 0. The number of benzene rings is 1. The molecule has 0 radical (unpaired) electrons. The molecule has 0 amide bonds. The van der Waals surface area contributed by atoms with Gasteiger partial charge in [0.2, 0.25) is 0 Å². The van der Waals surface area contributed by atoms with Crippen molar-refractivity contribution in [1.29, 1.82) is 0 Å². The van der Waals surface area contributed by atoms with E-state index in [9.17, 15) is 0 Å². The fourth-order valence-electron chi connectivity index (χ4n) is 2.48. The van der Waals surface area contributed by atoms with Crippen molar-refractivity contribution in [3.8, 4) is 0 Å². The summed E-state index contributed by atoms with van der Waals surface area (Å²) in [4.78, 5) is 2.48. The van der Waals surface area contributed by atoms with Crippen LogP contribution in [0.3, 0.4) is 0 Å². The van der Waals surface area contributed by atoms with Gasteiger partial charge in [-0.15, -0.1) is 0 Å². The van der Waals surface area contributed by atoms with Gasteiger partial charge in [-0.3, -0.25) is 4.90 Å². The number of rotatable bonds is 3. The summed E-state index contributed by atoms with van der Waals surface area (Å²) >= 11 is 9.52. The van der Waals surface area contributed by atoms with E-state index in [0.717, 1.165) is 29.1 Å². The first-order valence-corrected chi connectivity index (χ1v) is 7.15. The molecule has 17 heavy (non-hydrogen) atoms. The SMILES string of the molecule is CC1CC(CN)CN1Cc1ccc(Br)c(Cl)c1. The fourth-order valence-corrected chi connectivity index (χ4v) is 2.93. The Labute approximate surface area is 116 Å². The van der Waals surface area contributed by atoms with Gasteiger partial charge in [-0.1, -0.05) is 17.7 Å². The Hall–Kier alpha value is -0.0900. The maximum Gasteiger partial charge on any atom is 0.0551 e. The lowest BCUT2D eigenvalue weighted by Gasteiger charge is -2.21. The van der Waals surface area contributed by atoms with Crippen molar-refractivity contribution in [1.82, 2.24) is 4.90 Å². The van der Waals surface area contributed by atoms with Gasteiger partial charge in [-0.2, -0.15) is 0 Å². The van der Waals surface area contributed by atoms with Crippen LogP contribution in [-0.2, 0) is 6.54 Å². The summed E-state index contributed by atoms with van der Waals surface area (Å²) in [6.45, 7) is 5.13. The number of halogens is 2. The second-order valence-corrected chi connectivity index (χ2v) is 6.13. The molecule has 1 aliphatic rings. The third-order valence-corrected chi connectivity index (χ3v) is 4.73. The Kier molecular flexibility index (Phi) is 4.47. The molecule has 0 saturated carbocycles. The quantitative estimate of drug-likeness (QED) is 0.927. The molecule has 2 rings (SSSR count). The number of likely N-dealkylation sites (tertiary alicyclic amines) is 1. The van der Waals surface area contributed by atoms with Crippen LogP contribution in [-0.4, -0.2) is 24.0 Å². The number of hydrogen-bond donors (Lipinski definition) is 1. The van der Waals surface area contributed by atoms with Gasteiger partial charge in [-0.25, -0.2) is 0 Å². The average Bonchev–Trinajstić information content (AvgIpc) is 2.65. The van der Waals surface area contributed by atoms with E-state index in [4.69, 9.17) is 17.3 Å². The highest BCUT2D eigenvalue weighted by molar-refractivity contribution is 9.10. The Balaban J connectivity index is 2.03. The molecule has 1 heterocycles. The molecule has 2 N–H and O–H groups in total. The molecule has 94 valence electrons. The number of hydrogen-bond acceptors (Lipinski definition) is 2. The van der Waals surface area contributed by atoms with Gasteiger partial charge in [0, 0.05) is 23.6 Å². The second kappa shape index (κ2) is 5.70. The summed E-state index contributed by atoms with van der Waals surface area (Å²) in [6, 6.07) is 6.79. The van der Waals surface area contributed by atoms with Crippen molar-refractivity contribution in [2.24, 2.45) is 11.7 Å². The predicted molar refractivity (Wildman–Crippen MR) is 76.2 cm³/mol. The molecule has 1 aromatic carbocycles. The van der Waals surface area contributed by atoms with Crippen molar-refractivity contribution in [2.45, 2.75) is 25.9 Å². The van der Waals surface area contributed by atoms with Crippen molar-refractivity contribution in [3.63, 3.8) is 0 Å². The smallest absolute Gasteiger partial charge is 0.0551 e. The standard InChI is InChI=1S/C13H18BrClN2/c1-9-4-11(6-16)8-17(9)7-10-2-3-12(14)13(15)5-10/h2-3,5,9,11H,4,6-8,16H2,1H3. The molecule has 1 fully saturated rings. The molecule has 1 saturated heterocycles. The van der Waals surface area contributed by atoms with Crippen LogP contribution in [0, 0.1) is 5.92 Å². The van der Waals surface area contributed by atoms with Crippen LogP contribution < -0.4 is 5.73 Å². The maximum absolute atomic E-state index is 6.11. The Morgan fingerprint density at radius 3 is 2.88 bits per heavy atom. The van der Waals surface area contributed by atoms with Gasteiger partial charge in [0.25, 0.3) is 0 Å². The zero-order valence-corrected chi connectivity index (χ0v) is 12.3. The Morgan fingerprint density at radius 1 is 1.53 bits per heavy atom. The van der Waals surface area contributed by atoms with Crippen LogP contribution in [0.5, 0.6) is 0 Å². The molecule has 2 atom stereocenters. The van der Waals surface area contributed by atoms with Gasteiger partial charge in [0.15, 0.2) is 0 Å². The third-order valence-electron chi connectivity index (χ3n) is 3.49. The second-order valence-electron chi connectivity index (χ2n) is 4.86. The first-order valence-electron chi connectivity index (χ1n) is 5.98. The van der Waals surface area contributed by atoms with Crippen molar-refractivity contribution in [3.05, 3.63) is 33.3 Å². The van der Waals surface area contributed by atoms with Crippen molar-refractivity contribution < 1.29 is 0 Å². The highest BCUT2D eigenvalue weighted by atomic mass is 79.9. The summed E-state index contributed by atoms with van der Waals surface area (Å²) in [5.74, 6) is 0.649. The van der Waals surface area contributed by atoms with Gasteiger partial charge in [0.05, 0.1) is 5.02 Å². The van der Waals surface area contributed by atoms with Gasteiger partial charge >= 0.3 is 0 Å². The van der Waals surface area contributed by atoms with Crippen LogP contribution in [0.1, 0.15) is 18.9 Å². The predicted octanol–water partition coefficient (Wildman–Crippen LogP) is 3.27. The van der Waals surface area contributed by atoms with E-state index in [1.165, 1.54) is 12.0 Å². The highest BCUT2D eigenvalue weighted by Gasteiger charge is 2.27. The first-order chi connectivity index (χ1) is 8.10. The fraction of sp³-hybridized carbons (Fsp3) is 0.538. The summed E-state index contributed by atoms with van der Waals surface area (Å²) < 4.78 is 0.956. The van der Waals surface area contributed by atoms with E-state index in [-0.39, 0.29) is 0 Å². The normalized spacial score (nSPS) is 25.4. The minimum absolute atomic E-state index is 0.617. The lowest BCUT2D eigenvalue weighted by Crippen LogP contribution is -2.27. The Bertz CT molecular complexity index is 397. The lowest BCUT2D eigenvalue weighted by molar-refractivity contribution is 0.256. The molecular weight excluding hydrogens is 300 g/mol. The molecule has 0 spiro atoms. The minimum atomic E-state index is 0.617. The molecule has 2 nitrogen and oxygen atoms in total. The zero-order chi connectivity index (χ0) is 12.4. The van der Waals surface area contributed by atoms with Crippen LogP contribution in [0.2, 0.25) is 5.02 Å². The van der Waals surface area contributed by atoms with Gasteiger partial charge < -0.3 is 5.73 Å². The van der Waals surface area contributed by atoms with Crippen LogP contribution in [0.25, 0.3) is 0 Å². The minimum Gasteiger partial charge on any atom is -0.330 e. The summed E-state index contributed by atoms with van der Waals surface area (Å²) in [5.41, 5.74) is 7.01. The molecule has 1 aromatic rings. The topological polar surface area (TPSA) is 29.3 Å². The Morgan fingerprint density at radius 2 is 2.29 bits per heavy atom.